The van der Waals surface area contributed by atoms with Gasteiger partial charge in [0.25, 0.3) is 0 Å². The first-order valence-corrected chi connectivity index (χ1v) is 4.77. The first kappa shape index (κ1) is 15.3. The van der Waals surface area contributed by atoms with Crippen molar-refractivity contribution in [1.82, 2.24) is 0 Å². The third kappa shape index (κ3) is 8.12. The van der Waals surface area contributed by atoms with Crippen molar-refractivity contribution in [3.63, 3.8) is 0 Å². The molecule has 0 rings (SSSR count). The summed E-state index contributed by atoms with van der Waals surface area (Å²) in [6.45, 7) is 6.87. The summed E-state index contributed by atoms with van der Waals surface area (Å²) in [5.41, 5.74) is 5.54. The van der Waals surface area contributed by atoms with Crippen LogP contribution >= 0.6 is 0 Å². The van der Waals surface area contributed by atoms with E-state index in [4.69, 9.17) is 10.5 Å². The summed E-state index contributed by atoms with van der Waals surface area (Å²) in [4.78, 5) is 10.5. The number of carbonyl (C=O) groups excluding carboxylic acids is 1. The van der Waals surface area contributed by atoms with Gasteiger partial charge in [0.1, 0.15) is 5.76 Å². The molecule has 0 spiro atoms. The maximum atomic E-state index is 11.8. The van der Waals surface area contributed by atoms with Crippen molar-refractivity contribution in [2.24, 2.45) is 5.73 Å². The van der Waals surface area contributed by atoms with Crippen molar-refractivity contribution >= 4 is 5.78 Å². The SMILES string of the molecule is C=C(N)/C=C\C(=C)OCCCC(=O)C(F)(F)F. The summed E-state index contributed by atoms with van der Waals surface area (Å²) in [5.74, 6) is -1.51. The first-order chi connectivity index (χ1) is 7.73. The third-order valence-corrected chi connectivity index (χ3v) is 1.64. The smallest absolute Gasteiger partial charge is 0.449 e. The quantitative estimate of drug-likeness (QED) is 0.428. The molecule has 0 fully saturated rings. The van der Waals surface area contributed by atoms with Gasteiger partial charge in [0.05, 0.1) is 6.61 Å². The molecule has 0 saturated heterocycles. The van der Waals surface area contributed by atoms with Crippen molar-refractivity contribution < 1.29 is 22.7 Å². The van der Waals surface area contributed by atoms with Crippen LogP contribution in [0.15, 0.2) is 36.8 Å². The van der Waals surface area contributed by atoms with Crippen LogP contribution in [-0.4, -0.2) is 18.6 Å². The number of rotatable bonds is 7. The lowest BCUT2D eigenvalue weighted by Crippen LogP contribution is -2.22. The van der Waals surface area contributed by atoms with Gasteiger partial charge in [-0.1, -0.05) is 13.2 Å². The second kappa shape index (κ2) is 6.78. The van der Waals surface area contributed by atoms with Crippen molar-refractivity contribution in [3.05, 3.63) is 36.8 Å². The van der Waals surface area contributed by atoms with Crippen LogP contribution in [0.1, 0.15) is 12.8 Å². The Morgan fingerprint density at radius 2 is 1.88 bits per heavy atom. The lowest BCUT2D eigenvalue weighted by molar-refractivity contribution is -0.171. The van der Waals surface area contributed by atoms with Gasteiger partial charge in [0.15, 0.2) is 0 Å². The van der Waals surface area contributed by atoms with Gasteiger partial charge in [0.2, 0.25) is 5.78 Å². The number of hydrogen-bond donors (Lipinski definition) is 1. The molecule has 0 unspecified atom stereocenters. The van der Waals surface area contributed by atoms with Gasteiger partial charge in [-0.15, -0.1) is 0 Å². The van der Waals surface area contributed by atoms with Gasteiger partial charge in [-0.3, -0.25) is 4.79 Å². The molecular weight excluding hydrogens is 235 g/mol. The summed E-state index contributed by atoms with van der Waals surface area (Å²) < 4.78 is 40.4. The number of alkyl halides is 3. The van der Waals surface area contributed by atoms with Gasteiger partial charge < -0.3 is 10.5 Å². The van der Waals surface area contributed by atoms with E-state index in [2.05, 4.69) is 13.2 Å². The molecule has 6 heteroatoms. The Hall–Kier alpha value is -1.72. The normalized spacial score (nSPS) is 11.5. The number of Topliss-reactive ketones (excluding diaryl/α,β-unsaturated/α-hetero) is 1. The van der Waals surface area contributed by atoms with E-state index in [9.17, 15) is 18.0 Å². The summed E-state index contributed by atoms with van der Waals surface area (Å²) in [6, 6.07) is 0. The Kier molecular flexibility index (Phi) is 6.09. The monoisotopic (exact) mass is 249 g/mol. The topological polar surface area (TPSA) is 52.3 Å². The maximum Gasteiger partial charge on any atom is 0.449 e. The fraction of sp³-hybridized carbons (Fsp3) is 0.364. The van der Waals surface area contributed by atoms with E-state index in [1.807, 2.05) is 0 Å². The minimum atomic E-state index is -4.77. The first-order valence-electron chi connectivity index (χ1n) is 4.77. The maximum absolute atomic E-state index is 11.8. The van der Waals surface area contributed by atoms with E-state index >= 15 is 0 Å². The Morgan fingerprint density at radius 1 is 1.29 bits per heavy atom. The molecule has 0 aromatic carbocycles. The highest BCUT2D eigenvalue weighted by molar-refractivity contribution is 5.83. The molecule has 0 aliphatic carbocycles. The Morgan fingerprint density at radius 3 is 2.35 bits per heavy atom. The predicted molar refractivity (Wildman–Crippen MR) is 57.9 cm³/mol. The van der Waals surface area contributed by atoms with E-state index in [0.29, 0.717) is 5.70 Å². The zero-order chi connectivity index (χ0) is 13.5. The van der Waals surface area contributed by atoms with Crippen LogP contribution in [0.3, 0.4) is 0 Å². The molecule has 0 aromatic rings. The fourth-order valence-corrected chi connectivity index (χ4v) is 0.826. The van der Waals surface area contributed by atoms with E-state index in [1.54, 1.807) is 0 Å². The van der Waals surface area contributed by atoms with E-state index < -0.39 is 18.4 Å². The van der Waals surface area contributed by atoms with Crippen LogP contribution in [0.5, 0.6) is 0 Å². The average molecular weight is 249 g/mol. The van der Waals surface area contributed by atoms with Crippen LogP contribution < -0.4 is 5.73 Å². The minimum Gasteiger partial charge on any atom is -0.494 e. The predicted octanol–water partition coefficient (Wildman–Crippen LogP) is 2.46. The van der Waals surface area contributed by atoms with Gasteiger partial charge >= 0.3 is 6.18 Å². The molecule has 2 N–H and O–H groups in total. The van der Waals surface area contributed by atoms with Crippen LogP contribution in [-0.2, 0) is 9.53 Å². The second-order valence-electron chi connectivity index (χ2n) is 3.25. The lowest BCUT2D eigenvalue weighted by atomic mass is 10.2. The zero-order valence-electron chi connectivity index (χ0n) is 9.22. The Balaban J connectivity index is 3.76. The molecule has 0 heterocycles. The largest absolute Gasteiger partial charge is 0.494 e. The Labute approximate surface area is 97.4 Å². The summed E-state index contributed by atoms with van der Waals surface area (Å²) in [6.07, 6.45) is -2.50. The van der Waals surface area contributed by atoms with E-state index in [0.717, 1.165) is 0 Å². The highest BCUT2D eigenvalue weighted by Gasteiger charge is 2.37. The second-order valence-corrected chi connectivity index (χ2v) is 3.25. The van der Waals surface area contributed by atoms with Crippen LogP contribution in [0.2, 0.25) is 0 Å². The van der Waals surface area contributed by atoms with Gasteiger partial charge in [-0.05, 0) is 18.6 Å². The minimum absolute atomic E-state index is 0.0119. The lowest BCUT2D eigenvalue weighted by Gasteiger charge is -2.06. The van der Waals surface area contributed by atoms with E-state index in [1.165, 1.54) is 12.2 Å². The van der Waals surface area contributed by atoms with E-state index in [-0.39, 0.29) is 18.8 Å². The van der Waals surface area contributed by atoms with Gasteiger partial charge in [-0.25, -0.2) is 0 Å². The van der Waals surface area contributed by atoms with Crippen LogP contribution in [0.4, 0.5) is 13.2 Å². The van der Waals surface area contributed by atoms with Crippen LogP contribution in [0, 0.1) is 0 Å². The number of allylic oxidation sites excluding steroid dienone is 2. The number of carbonyl (C=O) groups is 1. The molecule has 17 heavy (non-hydrogen) atoms. The summed E-state index contributed by atoms with van der Waals surface area (Å²) in [7, 11) is 0. The molecule has 0 amide bonds. The van der Waals surface area contributed by atoms with Crippen molar-refractivity contribution in [1.29, 1.82) is 0 Å². The molecule has 0 bridgehead atoms. The molecule has 0 aliphatic rings. The summed E-state index contributed by atoms with van der Waals surface area (Å²) >= 11 is 0. The zero-order valence-corrected chi connectivity index (χ0v) is 9.22. The fourth-order valence-electron chi connectivity index (χ4n) is 0.826. The van der Waals surface area contributed by atoms with Crippen LogP contribution in [0.25, 0.3) is 0 Å². The number of halogens is 3. The van der Waals surface area contributed by atoms with Crippen molar-refractivity contribution in [2.75, 3.05) is 6.61 Å². The molecule has 0 saturated carbocycles. The highest BCUT2D eigenvalue weighted by atomic mass is 19.4. The summed E-state index contributed by atoms with van der Waals surface area (Å²) in [5, 5.41) is 0. The molecule has 0 aromatic heterocycles. The molecule has 96 valence electrons. The third-order valence-electron chi connectivity index (χ3n) is 1.64. The number of ether oxygens (including phenoxy) is 1. The molecular formula is C11H14F3NO2. The number of ketones is 1. The van der Waals surface area contributed by atoms with Gasteiger partial charge in [-0.2, -0.15) is 13.2 Å². The molecule has 3 nitrogen and oxygen atoms in total. The standard InChI is InChI=1S/C11H14F3NO2/c1-8(15)5-6-9(2)17-7-3-4-10(16)11(12,13)14/h5-6H,1-4,7,15H2/b6-5-. The molecule has 0 radical (unpaired) electrons. The number of hydrogen-bond acceptors (Lipinski definition) is 3. The Bertz CT molecular complexity index is 332. The van der Waals surface area contributed by atoms with Gasteiger partial charge in [0, 0.05) is 12.1 Å². The number of nitrogens with two attached hydrogens (primary N) is 1. The molecule has 0 aliphatic heterocycles. The molecule has 0 atom stereocenters. The van der Waals surface area contributed by atoms with Crippen molar-refractivity contribution in [3.8, 4) is 0 Å². The van der Waals surface area contributed by atoms with Crippen molar-refractivity contribution in [2.45, 2.75) is 19.0 Å². The average Bonchev–Trinajstić information content (AvgIpc) is 2.19. The highest BCUT2D eigenvalue weighted by Crippen LogP contribution is 2.18.